The number of nitrogens with zero attached hydrogens (tertiary/aromatic N) is 3. The monoisotopic (exact) mass is 516 g/mol. The number of aryl methyl sites for hydroxylation is 1. The minimum absolute atomic E-state index is 0.0478. The standard InChI is InChI=1S/C26H30Cl2N4OS/c27-21-10-4-9-20(15-21)18-34-26-31-30-24(32(26)23-12-5-11-22(28)16-23)13-6-14-25(33)29-17-19-7-2-1-3-8-19/h2,4-5,7-10,12,16,21-22H,1,3,6,11,13-15,17-18H2,(H,29,33). The summed E-state index contributed by atoms with van der Waals surface area (Å²) in [5, 5.41) is 12.8. The van der Waals surface area contributed by atoms with Crippen LogP contribution in [0.5, 0.6) is 0 Å². The van der Waals surface area contributed by atoms with Gasteiger partial charge in [0.25, 0.3) is 0 Å². The molecule has 34 heavy (non-hydrogen) atoms. The average molecular weight is 518 g/mol. The van der Waals surface area contributed by atoms with Crippen molar-refractivity contribution in [1.29, 1.82) is 0 Å². The molecule has 4 rings (SSSR count). The van der Waals surface area contributed by atoms with E-state index in [9.17, 15) is 4.79 Å². The second kappa shape index (κ2) is 12.6. The lowest BCUT2D eigenvalue weighted by Gasteiger charge is -2.17. The molecular weight excluding hydrogens is 487 g/mol. The first-order valence-corrected chi connectivity index (χ1v) is 13.7. The predicted octanol–water partition coefficient (Wildman–Crippen LogP) is 5.99. The van der Waals surface area contributed by atoms with Crippen molar-refractivity contribution in [1.82, 2.24) is 20.1 Å². The number of amides is 1. The third-order valence-corrected chi connectivity index (χ3v) is 7.46. The van der Waals surface area contributed by atoms with Crippen molar-refractivity contribution >= 4 is 46.6 Å². The Morgan fingerprint density at radius 2 is 2.09 bits per heavy atom. The van der Waals surface area contributed by atoms with Crippen LogP contribution in [0.1, 0.15) is 44.3 Å². The Bertz CT molecular complexity index is 1070. The normalized spacial score (nSPS) is 21.8. The molecule has 0 spiro atoms. The fourth-order valence-corrected chi connectivity index (χ4v) is 5.53. The lowest BCUT2D eigenvalue weighted by molar-refractivity contribution is -0.121. The van der Waals surface area contributed by atoms with Crippen molar-refractivity contribution in [3.05, 3.63) is 71.7 Å². The van der Waals surface area contributed by atoms with Crippen LogP contribution in [-0.4, -0.2) is 43.7 Å². The number of nitrogens with one attached hydrogen (secondary N) is 1. The summed E-state index contributed by atoms with van der Waals surface area (Å²) < 4.78 is 2.09. The molecular formula is C26H30Cl2N4OS. The van der Waals surface area contributed by atoms with E-state index in [1.165, 1.54) is 11.1 Å². The van der Waals surface area contributed by atoms with Gasteiger partial charge in [0.15, 0.2) is 5.16 Å². The summed E-state index contributed by atoms with van der Waals surface area (Å²) in [5.74, 6) is 1.72. The molecule has 0 radical (unpaired) electrons. The second-order valence-electron chi connectivity index (χ2n) is 8.59. The SMILES string of the molecule is O=C(CCCc1nnc(SCC2=CC=CC(Cl)C2)n1C1=CC(Cl)CC=C1)NCC1=CCCC=C1. The molecule has 0 aliphatic heterocycles. The number of hydrogen-bond donors (Lipinski definition) is 1. The highest BCUT2D eigenvalue weighted by molar-refractivity contribution is 7.99. The van der Waals surface area contributed by atoms with Gasteiger partial charge in [-0.2, -0.15) is 0 Å². The summed E-state index contributed by atoms with van der Waals surface area (Å²) in [7, 11) is 0. The zero-order chi connectivity index (χ0) is 23.8. The molecule has 2 unspecified atom stereocenters. The maximum atomic E-state index is 12.3. The summed E-state index contributed by atoms with van der Waals surface area (Å²) in [6.45, 7) is 0.593. The van der Waals surface area contributed by atoms with E-state index in [1.54, 1.807) is 11.8 Å². The van der Waals surface area contributed by atoms with Gasteiger partial charge in [0.2, 0.25) is 5.91 Å². The van der Waals surface area contributed by atoms with E-state index >= 15 is 0 Å². The molecule has 180 valence electrons. The number of aromatic nitrogens is 3. The Labute approximate surface area is 215 Å². The van der Waals surface area contributed by atoms with Crippen molar-refractivity contribution in [3.63, 3.8) is 0 Å². The Balaban J connectivity index is 1.38. The molecule has 0 aromatic carbocycles. The molecule has 8 heteroatoms. The van der Waals surface area contributed by atoms with E-state index in [1.807, 2.05) is 18.2 Å². The Hall–Kier alpha value is -2.02. The van der Waals surface area contributed by atoms with E-state index in [2.05, 4.69) is 56.5 Å². The Morgan fingerprint density at radius 3 is 2.88 bits per heavy atom. The molecule has 1 N–H and O–H groups in total. The first-order chi connectivity index (χ1) is 16.6. The Kier molecular flexibility index (Phi) is 9.31. The molecule has 0 saturated carbocycles. The second-order valence-corrected chi connectivity index (χ2v) is 10.7. The molecule has 0 saturated heterocycles. The van der Waals surface area contributed by atoms with Crippen LogP contribution in [0.4, 0.5) is 0 Å². The van der Waals surface area contributed by atoms with Crippen molar-refractivity contribution in [2.24, 2.45) is 0 Å². The first-order valence-electron chi connectivity index (χ1n) is 11.8. The van der Waals surface area contributed by atoms with Gasteiger partial charge in [-0.15, -0.1) is 33.4 Å². The highest BCUT2D eigenvalue weighted by atomic mass is 35.5. The zero-order valence-corrected chi connectivity index (χ0v) is 21.5. The zero-order valence-electron chi connectivity index (χ0n) is 19.1. The van der Waals surface area contributed by atoms with Gasteiger partial charge >= 0.3 is 0 Å². The Morgan fingerprint density at radius 1 is 1.18 bits per heavy atom. The van der Waals surface area contributed by atoms with Gasteiger partial charge in [0, 0.05) is 30.8 Å². The van der Waals surface area contributed by atoms with Gasteiger partial charge < -0.3 is 5.32 Å². The van der Waals surface area contributed by atoms with Crippen LogP contribution in [0.25, 0.3) is 5.70 Å². The molecule has 3 aliphatic rings. The van der Waals surface area contributed by atoms with Crippen molar-refractivity contribution in [2.45, 2.75) is 60.9 Å². The highest BCUT2D eigenvalue weighted by Gasteiger charge is 2.19. The third kappa shape index (κ3) is 7.24. The molecule has 2 atom stereocenters. The number of thioether (sulfide) groups is 1. The number of hydrogen-bond acceptors (Lipinski definition) is 4. The number of halogens is 2. The fraction of sp³-hybridized carbons (Fsp3) is 0.423. The van der Waals surface area contributed by atoms with Crippen molar-refractivity contribution in [3.8, 4) is 0 Å². The van der Waals surface area contributed by atoms with Gasteiger partial charge in [-0.1, -0.05) is 59.9 Å². The maximum absolute atomic E-state index is 12.3. The van der Waals surface area contributed by atoms with E-state index in [0.29, 0.717) is 25.8 Å². The molecule has 1 heterocycles. The fourth-order valence-electron chi connectivity index (χ4n) is 4.05. The summed E-state index contributed by atoms with van der Waals surface area (Å²) in [5.41, 5.74) is 3.45. The quantitative estimate of drug-likeness (QED) is 0.306. The lowest BCUT2D eigenvalue weighted by Crippen LogP contribution is -2.25. The van der Waals surface area contributed by atoms with E-state index in [4.69, 9.17) is 23.2 Å². The van der Waals surface area contributed by atoms with Gasteiger partial charge in [-0.25, -0.2) is 0 Å². The molecule has 1 aromatic heterocycles. The van der Waals surface area contributed by atoms with Crippen LogP contribution in [0.3, 0.4) is 0 Å². The van der Waals surface area contributed by atoms with Crippen molar-refractivity contribution < 1.29 is 4.79 Å². The topological polar surface area (TPSA) is 59.8 Å². The number of alkyl halides is 2. The van der Waals surface area contributed by atoms with Crippen LogP contribution in [-0.2, 0) is 11.2 Å². The number of carbonyl (C=O) groups excluding carboxylic acids is 1. The van der Waals surface area contributed by atoms with E-state index in [0.717, 1.165) is 48.1 Å². The van der Waals surface area contributed by atoms with Gasteiger partial charge in [-0.3, -0.25) is 9.36 Å². The first kappa shape index (κ1) is 25.1. The van der Waals surface area contributed by atoms with Gasteiger partial charge in [0.05, 0.1) is 10.8 Å². The molecule has 1 aromatic rings. The van der Waals surface area contributed by atoms with Crippen LogP contribution < -0.4 is 5.32 Å². The van der Waals surface area contributed by atoms with Crippen molar-refractivity contribution in [2.75, 3.05) is 12.3 Å². The molecule has 0 bridgehead atoms. The maximum Gasteiger partial charge on any atom is 0.220 e. The van der Waals surface area contributed by atoms with Crippen LogP contribution in [0.15, 0.2) is 71.0 Å². The summed E-state index contributed by atoms with van der Waals surface area (Å²) in [6.07, 6.45) is 24.4. The summed E-state index contributed by atoms with van der Waals surface area (Å²) in [6, 6.07) is 0. The molecule has 3 aliphatic carbocycles. The van der Waals surface area contributed by atoms with Crippen LogP contribution in [0.2, 0.25) is 0 Å². The number of rotatable bonds is 10. The summed E-state index contributed by atoms with van der Waals surface area (Å²) in [4.78, 5) is 12.3. The molecule has 0 fully saturated rings. The summed E-state index contributed by atoms with van der Waals surface area (Å²) >= 11 is 14.3. The smallest absolute Gasteiger partial charge is 0.220 e. The number of allylic oxidation sites excluding steroid dienone is 9. The third-order valence-electron chi connectivity index (χ3n) is 5.82. The van der Waals surface area contributed by atoms with E-state index < -0.39 is 0 Å². The van der Waals surface area contributed by atoms with Crippen LogP contribution in [0, 0.1) is 0 Å². The minimum Gasteiger partial charge on any atom is -0.352 e. The minimum atomic E-state index is -0.0507. The van der Waals surface area contributed by atoms with Gasteiger partial charge in [-0.05, 0) is 49.8 Å². The largest absolute Gasteiger partial charge is 0.352 e. The molecule has 1 amide bonds. The van der Waals surface area contributed by atoms with Crippen LogP contribution >= 0.6 is 35.0 Å². The number of carbonyl (C=O) groups is 1. The highest BCUT2D eigenvalue weighted by Crippen LogP contribution is 2.30. The average Bonchev–Trinajstić information content (AvgIpc) is 3.25. The molecule has 5 nitrogen and oxygen atoms in total. The lowest BCUT2D eigenvalue weighted by atomic mass is 10.1. The van der Waals surface area contributed by atoms with Gasteiger partial charge in [0.1, 0.15) is 5.82 Å². The predicted molar refractivity (Wildman–Crippen MR) is 142 cm³/mol. The van der Waals surface area contributed by atoms with E-state index in [-0.39, 0.29) is 16.7 Å².